The average Bonchev–Trinajstić information content (AvgIpc) is 3.23. The lowest BCUT2D eigenvalue weighted by Gasteiger charge is -2.19. The molecule has 0 saturated carbocycles. The minimum Gasteiger partial charge on any atom is -0.346 e. The lowest BCUT2D eigenvalue weighted by atomic mass is 10.1. The molecule has 0 atom stereocenters. The summed E-state index contributed by atoms with van der Waals surface area (Å²) in [5.74, 6) is 0. The zero-order chi connectivity index (χ0) is 19.4. The summed E-state index contributed by atoms with van der Waals surface area (Å²) in [6, 6.07) is 8.33. The van der Waals surface area contributed by atoms with Crippen LogP contribution in [-0.4, -0.2) is 36.6 Å². The summed E-state index contributed by atoms with van der Waals surface area (Å²) < 4.78 is 4.80. The van der Waals surface area contributed by atoms with Gasteiger partial charge in [0.25, 0.3) is 0 Å². The molecule has 0 unspecified atom stereocenters. The molecule has 8 heteroatoms. The normalized spacial score (nSPS) is 10.8. The average molecular weight is 447 g/mol. The highest BCUT2D eigenvalue weighted by atomic mass is 79.9. The number of halogens is 1. The number of benzene rings is 1. The van der Waals surface area contributed by atoms with E-state index < -0.39 is 0 Å². The van der Waals surface area contributed by atoms with Crippen LogP contribution in [0.4, 0.5) is 5.69 Å². The molecule has 0 saturated heterocycles. The second kappa shape index (κ2) is 8.67. The number of nitrogens with zero attached hydrogens (tertiary/aromatic N) is 5. The molecular weight excluding hydrogens is 424 g/mol. The molecule has 0 aliphatic heterocycles. The van der Waals surface area contributed by atoms with E-state index in [4.69, 9.17) is 12.2 Å². The van der Waals surface area contributed by atoms with Gasteiger partial charge in [-0.3, -0.25) is 9.36 Å². The maximum atomic E-state index is 5.52. The molecular formula is C19H23BrN6S. The largest absolute Gasteiger partial charge is 0.346 e. The van der Waals surface area contributed by atoms with Crippen molar-refractivity contribution in [2.24, 2.45) is 0 Å². The molecule has 0 radical (unpaired) electrons. The van der Waals surface area contributed by atoms with Gasteiger partial charge in [0, 0.05) is 26.0 Å². The summed E-state index contributed by atoms with van der Waals surface area (Å²) >= 11 is 9.08. The fourth-order valence-corrected chi connectivity index (χ4v) is 3.32. The van der Waals surface area contributed by atoms with Gasteiger partial charge >= 0.3 is 0 Å². The molecule has 0 aliphatic carbocycles. The first kappa shape index (κ1) is 19.6. The Morgan fingerprint density at radius 1 is 1.26 bits per heavy atom. The van der Waals surface area contributed by atoms with E-state index in [2.05, 4.69) is 57.4 Å². The summed E-state index contributed by atoms with van der Waals surface area (Å²) in [4.78, 5) is 1.96. The van der Waals surface area contributed by atoms with E-state index in [9.17, 15) is 0 Å². The highest BCUT2D eigenvalue weighted by Gasteiger charge is 2.12. The van der Waals surface area contributed by atoms with E-state index >= 15 is 0 Å². The molecule has 142 valence electrons. The van der Waals surface area contributed by atoms with Gasteiger partial charge in [-0.15, -0.1) is 0 Å². The van der Waals surface area contributed by atoms with Crippen molar-refractivity contribution in [2.45, 2.75) is 33.5 Å². The Hall–Kier alpha value is -2.19. The quantitative estimate of drug-likeness (QED) is 0.578. The first-order chi connectivity index (χ1) is 13.0. The van der Waals surface area contributed by atoms with Crippen molar-refractivity contribution in [3.63, 3.8) is 0 Å². The van der Waals surface area contributed by atoms with Crippen LogP contribution < -0.4 is 5.32 Å². The third-order valence-electron chi connectivity index (χ3n) is 4.32. The van der Waals surface area contributed by atoms with Crippen LogP contribution in [0.2, 0.25) is 0 Å². The van der Waals surface area contributed by atoms with Gasteiger partial charge in [0.15, 0.2) is 5.11 Å². The predicted octanol–water partition coefficient (Wildman–Crippen LogP) is 4.05. The van der Waals surface area contributed by atoms with Crippen molar-refractivity contribution in [3.05, 3.63) is 64.1 Å². The van der Waals surface area contributed by atoms with Crippen molar-refractivity contribution in [2.75, 3.05) is 12.4 Å². The molecule has 0 aliphatic rings. The maximum absolute atomic E-state index is 5.52. The standard InChI is InChI=1S/C19H23BrN6S/c1-4-25-12-17(20)18(23-25)13-24(3)19(27)22-16-9-21-26(11-16)10-15-8-6-5-7-14(15)2/h5-9,11-12H,4,10,13H2,1-3H3,(H,22,27). The number of hydrogen-bond acceptors (Lipinski definition) is 3. The molecule has 1 aromatic carbocycles. The minimum atomic E-state index is 0.622. The summed E-state index contributed by atoms with van der Waals surface area (Å²) in [5, 5.41) is 12.8. The molecule has 27 heavy (non-hydrogen) atoms. The topological polar surface area (TPSA) is 50.9 Å². The zero-order valence-electron chi connectivity index (χ0n) is 15.7. The molecule has 2 heterocycles. The second-order valence-electron chi connectivity index (χ2n) is 6.42. The van der Waals surface area contributed by atoms with E-state index in [1.807, 2.05) is 45.8 Å². The van der Waals surface area contributed by atoms with Crippen molar-refractivity contribution in [1.29, 1.82) is 0 Å². The van der Waals surface area contributed by atoms with Gasteiger partial charge in [0.05, 0.1) is 35.1 Å². The minimum absolute atomic E-state index is 0.622. The monoisotopic (exact) mass is 446 g/mol. The van der Waals surface area contributed by atoms with E-state index in [0.29, 0.717) is 11.7 Å². The van der Waals surface area contributed by atoms with Gasteiger partial charge in [0.2, 0.25) is 0 Å². The van der Waals surface area contributed by atoms with Crippen LogP contribution in [0.1, 0.15) is 23.7 Å². The Morgan fingerprint density at radius 2 is 2.04 bits per heavy atom. The Kier molecular flexibility index (Phi) is 6.28. The number of aromatic nitrogens is 4. The summed E-state index contributed by atoms with van der Waals surface area (Å²) in [6.45, 7) is 6.37. The van der Waals surface area contributed by atoms with Crippen LogP contribution in [0.15, 0.2) is 47.3 Å². The molecule has 0 fully saturated rings. The summed E-state index contributed by atoms with van der Waals surface area (Å²) in [7, 11) is 1.95. The van der Waals surface area contributed by atoms with Gasteiger partial charge in [-0.05, 0) is 53.1 Å². The van der Waals surface area contributed by atoms with Crippen molar-refractivity contribution >= 4 is 38.9 Å². The van der Waals surface area contributed by atoms with Crippen LogP contribution in [0.3, 0.4) is 0 Å². The summed E-state index contributed by atoms with van der Waals surface area (Å²) in [5.41, 5.74) is 4.34. The number of hydrogen-bond donors (Lipinski definition) is 1. The molecule has 0 bridgehead atoms. The first-order valence-electron chi connectivity index (χ1n) is 8.77. The number of rotatable bonds is 6. The highest BCUT2D eigenvalue weighted by Crippen LogP contribution is 2.17. The smallest absolute Gasteiger partial charge is 0.173 e. The third kappa shape index (κ3) is 4.95. The van der Waals surface area contributed by atoms with Crippen molar-refractivity contribution in [3.8, 4) is 0 Å². The van der Waals surface area contributed by atoms with Crippen molar-refractivity contribution in [1.82, 2.24) is 24.5 Å². The summed E-state index contributed by atoms with van der Waals surface area (Å²) in [6.07, 6.45) is 5.74. The van der Waals surface area contributed by atoms with E-state index in [1.165, 1.54) is 11.1 Å². The molecule has 0 spiro atoms. The second-order valence-corrected chi connectivity index (χ2v) is 7.66. The van der Waals surface area contributed by atoms with Crippen LogP contribution in [-0.2, 0) is 19.6 Å². The molecule has 2 aromatic heterocycles. The predicted molar refractivity (Wildman–Crippen MR) is 116 cm³/mol. The number of nitrogens with one attached hydrogen (secondary N) is 1. The Bertz CT molecular complexity index is 932. The fraction of sp³-hybridized carbons (Fsp3) is 0.316. The molecule has 6 nitrogen and oxygen atoms in total. The lowest BCUT2D eigenvalue weighted by molar-refractivity contribution is 0.491. The number of anilines is 1. The molecule has 1 N–H and O–H groups in total. The fourth-order valence-electron chi connectivity index (χ4n) is 2.70. The molecule has 3 aromatic rings. The SMILES string of the molecule is CCn1cc(Br)c(CN(C)C(=S)Nc2cnn(Cc3ccccc3C)c2)n1. The van der Waals surface area contributed by atoms with Crippen molar-refractivity contribution < 1.29 is 0 Å². The van der Waals surface area contributed by atoms with Crippen LogP contribution in [0.25, 0.3) is 0 Å². The van der Waals surface area contributed by atoms with Gasteiger partial charge in [-0.25, -0.2) is 0 Å². The van der Waals surface area contributed by atoms with Gasteiger partial charge in [-0.1, -0.05) is 24.3 Å². The molecule has 3 rings (SSSR count). The Balaban J connectivity index is 1.60. The highest BCUT2D eigenvalue weighted by molar-refractivity contribution is 9.10. The number of aryl methyl sites for hydroxylation is 2. The lowest BCUT2D eigenvalue weighted by Crippen LogP contribution is -2.30. The Labute approximate surface area is 173 Å². The van der Waals surface area contributed by atoms with E-state index in [1.54, 1.807) is 6.20 Å². The maximum Gasteiger partial charge on any atom is 0.173 e. The van der Waals surface area contributed by atoms with Gasteiger partial charge < -0.3 is 10.2 Å². The zero-order valence-corrected chi connectivity index (χ0v) is 18.1. The van der Waals surface area contributed by atoms with Gasteiger partial charge in [0.1, 0.15) is 0 Å². The van der Waals surface area contributed by atoms with Crippen LogP contribution >= 0.6 is 28.1 Å². The third-order valence-corrected chi connectivity index (χ3v) is 5.40. The Morgan fingerprint density at radius 3 is 2.74 bits per heavy atom. The number of thiocarbonyl (C=S) groups is 1. The van der Waals surface area contributed by atoms with E-state index in [-0.39, 0.29) is 0 Å². The first-order valence-corrected chi connectivity index (χ1v) is 9.97. The molecule has 0 amide bonds. The van der Waals surface area contributed by atoms with Gasteiger partial charge in [-0.2, -0.15) is 10.2 Å². The van der Waals surface area contributed by atoms with E-state index in [0.717, 1.165) is 28.9 Å². The van der Waals surface area contributed by atoms with Crippen LogP contribution in [0, 0.1) is 6.92 Å². The van der Waals surface area contributed by atoms with Crippen LogP contribution in [0.5, 0.6) is 0 Å².